The second-order valence-electron chi connectivity index (χ2n) is 6.66. The van der Waals surface area contributed by atoms with Crippen LogP contribution < -0.4 is 0 Å². The molecule has 0 saturated carbocycles. The quantitative estimate of drug-likeness (QED) is 0.0849. The van der Waals surface area contributed by atoms with E-state index in [9.17, 15) is 20.1 Å². The van der Waals surface area contributed by atoms with Crippen molar-refractivity contribution < 1.29 is 19.0 Å². The summed E-state index contributed by atoms with van der Waals surface area (Å²) < 4.78 is 15.0. The van der Waals surface area contributed by atoms with Crippen LogP contribution in [-0.2, 0) is 14.1 Å². The molecule has 0 spiro atoms. The lowest BCUT2D eigenvalue weighted by atomic mass is 10.1. The third-order valence-corrected chi connectivity index (χ3v) is 8.10. The Morgan fingerprint density at radius 2 is 1.48 bits per heavy atom. The average Bonchev–Trinajstić information content (AvgIpc) is 2.78. The van der Waals surface area contributed by atoms with Crippen LogP contribution in [0.1, 0.15) is 25.0 Å². The molecule has 1 N–H and O–H groups in total. The topological polar surface area (TPSA) is 109 Å². The Kier molecular flexibility index (Phi) is 14.8. The minimum Gasteiger partial charge on any atom is -0.466 e. The summed E-state index contributed by atoms with van der Waals surface area (Å²) in [5, 5.41) is 20.5. The molecule has 0 heterocycles. The van der Waals surface area contributed by atoms with Crippen molar-refractivity contribution in [2.24, 2.45) is 0 Å². The summed E-state index contributed by atoms with van der Waals surface area (Å²) in [4.78, 5) is 22.9. The first-order valence-electron chi connectivity index (χ1n) is 10.2. The van der Waals surface area contributed by atoms with Crippen LogP contribution in [0.25, 0.3) is 0 Å². The first-order valence-corrected chi connectivity index (χ1v) is 14.0. The number of non-ortho nitro benzene ring substituents is 1. The maximum absolute atomic E-state index is 12.4. The van der Waals surface area contributed by atoms with E-state index in [0.29, 0.717) is 31.7 Å². The van der Waals surface area contributed by atoms with Crippen molar-refractivity contribution in [2.45, 2.75) is 19.4 Å². The lowest BCUT2D eigenvalue weighted by molar-refractivity contribution is -0.384. The van der Waals surface area contributed by atoms with Crippen LogP contribution in [0.4, 0.5) is 5.69 Å². The molecule has 188 valence electrons. The Hall–Kier alpha value is -0.640. The van der Waals surface area contributed by atoms with Gasteiger partial charge in [-0.3, -0.25) is 20.1 Å². The molecule has 0 radical (unpaired) electrons. The number of rotatable bonds is 17. The van der Waals surface area contributed by atoms with Gasteiger partial charge >= 0.3 is 5.97 Å². The molecule has 1 aromatic rings. The van der Waals surface area contributed by atoms with Crippen LogP contribution in [0.3, 0.4) is 0 Å². The minimum absolute atomic E-state index is 0.0996. The lowest BCUT2D eigenvalue weighted by Crippen LogP contribution is -2.37. The predicted molar refractivity (Wildman–Crippen MR) is 134 cm³/mol. The second-order valence-corrected chi connectivity index (χ2v) is 10.6. The molecule has 0 saturated heterocycles. The van der Waals surface area contributed by atoms with Crippen LogP contribution in [0.5, 0.6) is 0 Å². The van der Waals surface area contributed by atoms with E-state index in [0.717, 1.165) is 0 Å². The van der Waals surface area contributed by atoms with Gasteiger partial charge in [0, 0.05) is 61.8 Å². The number of halogens is 4. The third kappa shape index (κ3) is 9.49. The Morgan fingerprint density at radius 3 is 1.85 bits per heavy atom. The zero-order chi connectivity index (χ0) is 24.9. The maximum Gasteiger partial charge on any atom is 0.308 e. The minimum atomic E-state index is -3.35. The highest BCUT2D eigenvalue weighted by molar-refractivity contribution is 7.55. The fourth-order valence-electron chi connectivity index (χ4n) is 3.04. The first kappa shape index (κ1) is 30.4. The van der Waals surface area contributed by atoms with E-state index in [-0.39, 0.29) is 42.2 Å². The van der Waals surface area contributed by atoms with Crippen molar-refractivity contribution in [3.05, 3.63) is 39.9 Å². The molecule has 33 heavy (non-hydrogen) atoms. The van der Waals surface area contributed by atoms with Crippen molar-refractivity contribution >= 4 is 65.6 Å². The molecular weight excluding hydrogens is 537 g/mol. The molecule has 1 aromatic carbocycles. The summed E-state index contributed by atoms with van der Waals surface area (Å²) in [5.41, 5.74) is 0.399. The number of hydrogen-bond donors (Lipinski definition) is 1. The van der Waals surface area contributed by atoms with Crippen LogP contribution in [-0.4, -0.2) is 76.5 Å². The van der Waals surface area contributed by atoms with Gasteiger partial charge in [-0.2, -0.15) is 0 Å². The van der Waals surface area contributed by atoms with E-state index in [4.69, 9.17) is 55.7 Å². The zero-order valence-corrected chi connectivity index (χ0v) is 22.2. The van der Waals surface area contributed by atoms with Gasteiger partial charge in [0.15, 0.2) is 0 Å². The van der Waals surface area contributed by atoms with Crippen LogP contribution in [0, 0.1) is 15.3 Å². The summed E-state index contributed by atoms with van der Waals surface area (Å²) in [7, 11) is -3.35. The van der Waals surface area contributed by atoms with Crippen molar-refractivity contribution in [1.82, 2.24) is 9.34 Å². The fraction of sp³-hybridized carbons (Fsp3) is 0.632. The molecule has 1 atom stereocenters. The maximum atomic E-state index is 12.4. The number of ether oxygens (including phenoxy) is 1. The number of esters is 1. The summed E-state index contributed by atoms with van der Waals surface area (Å²) in [5.74, 6) is 0.412. The smallest absolute Gasteiger partial charge is 0.308 e. The number of benzene rings is 1. The Morgan fingerprint density at radius 1 is 1.03 bits per heavy atom. The van der Waals surface area contributed by atoms with Gasteiger partial charge in [-0.05, 0) is 24.6 Å². The van der Waals surface area contributed by atoms with Crippen molar-refractivity contribution in [3.8, 4) is 0 Å². The van der Waals surface area contributed by atoms with Crippen LogP contribution >= 0.6 is 54.0 Å². The lowest BCUT2D eigenvalue weighted by Gasteiger charge is -2.42. The Labute approximate surface area is 214 Å². The van der Waals surface area contributed by atoms with Crippen LogP contribution in [0.15, 0.2) is 24.3 Å². The molecule has 0 amide bonds. The first-order chi connectivity index (χ1) is 15.8. The number of nitro groups is 1. The highest BCUT2D eigenvalue weighted by Gasteiger charge is 2.37. The molecule has 0 aliphatic heterocycles. The number of carbonyl (C=O) groups is 1. The summed E-state index contributed by atoms with van der Waals surface area (Å²) in [6, 6.07) is 5.66. The molecule has 1 rings (SSSR count). The molecule has 0 aliphatic rings. The number of nitrogens with zero attached hydrogens (tertiary/aromatic N) is 3. The summed E-state index contributed by atoms with van der Waals surface area (Å²) in [6.45, 7) is 3.14. The van der Waals surface area contributed by atoms with Gasteiger partial charge in [0.2, 0.25) is 7.58 Å². The number of nitro benzene ring substituents is 1. The van der Waals surface area contributed by atoms with E-state index >= 15 is 0 Å². The number of alkyl halides is 4. The molecule has 0 aliphatic carbocycles. The van der Waals surface area contributed by atoms with Crippen molar-refractivity contribution in [2.75, 3.05) is 56.3 Å². The number of nitrogens with one attached hydrogen (secondary N) is 1. The number of hydrogen-bond acceptors (Lipinski definition) is 6. The molecule has 9 nitrogen and oxygen atoms in total. The van der Waals surface area contributed by atoms with Gasteiger partial charge < -0.3 is 9.26 Å². The molecule has 0 bridgehead atoms. The standard InChI is InChI=1S/C19H29Cl4N4O5P/c1-2-31-19(28)15-18(16-3-5-17(6-4-16)27(29)30)32-33(24,25(11-7-20)12-8-21)26(13-9-22)14-10-23/h3-6,18,24H,2,7-15H2,1H3. The summed E-state index contributed by atoms with van der Waals surface area (Å²) in [6.07, 6.45) is -1.09. The Balaban J connectivity index is 3.48. The van der Waals surface area contributed by atoms with Gasteiger partial charge in [0.05, 0.1) is 18.0 Å². The van der Waals surface area contributed by atoms with Gasteiger partial charge in [0.1, 0.15) is 6.10 Å². The molecule has 14 heteroatoms. The monoisotopic (exact) mass is 564 g/mol. The van der Waals surface area contributed by atoms with Crippen LogP contribution in [0.2, 0.25) is 0 Å². The van der Waals surface area contributed by atoms with Gasteiger partial charge in [0.25, 0.3) is 5.69 Å². The van der Waals surface area contributed by atoms with Gasteiger partial charge in [-0.25, -0.2) is 9.34 Å². The van der Waals surface area contributed by atoms with Crippen molar-refractivity contribution in [3.63, 3.8) is 0 Å². The SMILES string of the molecule is CCOC(=O)CC(OP(=N)(N(CCCl)CCCl)N(CCCl)CCCl)c1ccc([N+](=O)[O-])cc1. The van der Waals surface area contributed by atoms with Gasteiger partial charge in [-0.1, -0.05) is 0 Å². The van der Waals surface area contributed by atoms with E-state index in [1.165, 1.54) is 24.3 Å². The predicted octanol–water partition coefficient (Wildman–Crippen LogP) is 5.69. The third-order valence-electron chi connectivity index (χ3n) is 4.54. The molecule has 0 aromatic heterocycles. The van der Waals surface area contributed by atoms with E-state index in [1.54, 1.807) is 16.3 Å². The normalized spacial score (nSPS) is 12.8. The second kappa shape index (κ2) is 16.1. The highest BCUT2D eigenvalue weighted by atomic mass is 35.5. The van der Waals surface area contributed by atoms with Gasteiger partial charge in [-0.15, -0.1) is 46.4 Å². The fourth-order valence-corrected chi connectivity index (χ4v) is 6.99. The van der Waals surface area contributed by atoms with Crippen molar-refractivity contribution in [1.29, 1.82) is 5.16 Å². The summed E-state index contributed by atoms with van der Waals surface area (Å²) >= 11 is 24.0. The molecular formula is C19H29Cl4N4O5P. The molecule has 1 unspecified atom stereocenters. The zero-order valence-electron chi connectivity index (χ0n) is 18.3. The Bertz CT molecular complexity index is 758. The average molecular weight is 566 g/mol. The highest BCUT2D eigenvalue weighted by Crippen LogP contribution is 2.58. The number of carbonyl (C=O) groups excluding carboxylic acids is 1. The van der Waals surface area contributed by atoms with E-state index in [1.807, 2.05) is 0 Å². The van der Waals surface area contributed by atoms with E-state index in [2.05, 4.69) is 0 Å². The largest absolute Gasteiger partial charge is 0.466 e. The molecule has 0 fully saturated rings. The van der Waals surface area contributed by atoms with E-state index < -0.39 is 24.6 Å².